The molecule has 0 fully saturated rings. The van der Waals surface area contributed by atoms with Gasteiger partial charge in [-0.1, -0.05) is 54.6 Å². The van der Waals surface area contributed by atoms with Crippen molar-refractivity contribution in [2.75, 3.05) is 11.5 Å². The zero-order valence-corrected chi connectivity index (χ0v) is 23.6. The first-order valence-electron chi connectivity index (χ1n) is 13.2. The SMILES string of the molecule is Nc1cccc2ccc(N=Nc3ccc(-c4ccc(N=Nc5ccc6ccc(S(=O)(=O)O)c(N)c6c5O)cc4)cc3)c(O)c12. The van der Waals surface area contributed by atoms with Gasteiger partial charge in [-0.2, -0.15) is 18.6 Å². The van der Waals surface area contributed by atoms with Crippen LogP contribution in [0.3, 0.4) is 0 Å². The van der Waals surface area contributed by atoms with Crippen LogP contribution in [0.1, 0.15) is 0 Å². The van der Waals surface area contributed by atoms with E-state index in [1.807, 2.05) is 42.5 Å². The lowest BCUT2D eigenvalue weighted by Gasteiger charge is -2.09. The molecule has 0 radical (unpaired) electrons. The molecule has 6 aromatic rings. The van der Waals surface area contributed by atoms with Gasteiger partial charge in [0.25, 0.3) is 10.1 Å². The van der Waals surface area contributed by atoms with Crippen molar-refractivity contribution in [1.82, 2.24) is 0 Å². The first-order chi connectivity index (χ1) is 21.1. The summed E-state index contributed by atoms with van der Waals surface area (Å²) in [7, 11) is -4.58. The highest BCUT2D eigenvalue weighted by atomic mass is 32.2. The van der Waals surface area contributed by atoms with Crippen LogP contribution >= 0.6 is 0 Å². The van der Waals surface area contributed by atoms with Gasteiger partial charge in [-0.05, 0) is 70.4 Å². The highest BCUT2D eigenvalue weighted by Crippen LogP contribution is 2.41. The van der Waals surface area contributed by atoms with Crippen molar-refractivity contribution in [1.29, 1.82) is 0 Å². The smallest absolute Gasteiger partial charge is 0.296 e. The number of aromatic hydroxyl groups is 2. The molecule has 0 saturated heterocycles. The van der Waals surface area contributed by atoms with Gasteiger partial charge >= 0.3 is 0 Å². The van der Waals surface area contributed by atoms with E-state index in [-0.39, 0.29) is 28.3 Å². The molecule has 0 atom stereocenters. The Bertz CT molecular complexity index is 2230. The zero-order valence-electron chi connectivity index (χ0n) is 22.8. The van der Waals surface area contributed by atoms with E-state index < -0.39 is 15.0 Å². The maximum absolute atomic E-state index is 11.6. The second-order valence-corrected chi connectivity index (χ2v) is 11.2. The molecule has 0 bridgehead atoms. The molecular formula is C32H24N6O5S. The Morgan fingerprint density at radius 1 is 0.545 bits per heavy atom. The molecule has 0 aliphatic heterocycles. The van der Waals surface area contributed by atoms with Crippen molar-refractivity contribution in [2.45, 2.75) is 4.90 Å². The molecule has 6 rings (SSSR count). The summed E-state index contributed by atoms with van der Waals surface area (Å²) in [6.45, 7) is 0. The third kappa shape index (κ3) is 5.38. The van der Waals surface area contributed by atoms with E-state index in [9.17, 15) is 23.2 Å². The van der Waals surface area contributed by atoms with Crippen molar-refractivity contribution < 1.29 is 23.2 Å². The molecule has 0 unspecified atom stereocenters. The molecule has 0 spiro atoms. The number of hydrogen-bond donors (Lipinski definition) is 5. The normalized spacial score (nSPS) is 12.1. The van der Waals surface area contributed by atoms with Gasteiger partial charge in [0.15, 0.2) is 11.5 Å². The quantitative estimate of drug-likeness (QED) is 0.0715. The van der Waals surface area contributed by atoms with E-state index >= 15 is 0 Å². The Labute approximate surface area is 251 Å². The molecule has 0 aliphatic carbocycles. The van der Waals surface area contributed by atoms with Crippen molar-refractivity contribution in [3.63, 3.8) is 0 Å². The second kappa shape index (κ2) is 11.1. The van der Waals surface area contributed by atoms with Gasteiger partial charge in [0.1, 0.15) is 16.3 Å². The molecule has 7 N–H and O–H groups in total. The topological polar surface area (TPSA) is 196 Å². The maximum Gasteiger partial charge on any atom is 0.296 e. The lowest BCUT2D eigenvalue weighted by atomic mass is 10.1. The van der Waals surface area contributed by atoms with Crippen molar-refractivity contribution in [2.24, 2.45) is 20.5 Å². The van der Waals surface area contributed by atoms with Gasteiger partial charge in [-0.25, -0.2) is 0 Å². The summed E-state index contributed by atoms with van der Waals surface area (Å²) in [5.74, 6) is -0.382. The van der Waals surface area contributed by atoms with Gasteiger partial charge in [0.05, 0.1) is 22.4 Å². The fourth-order valence-electron chi connectivity index (χ4n) is 4.82. The van der Waals surface area contributed by atoms with E-state index in [1.165, 1.54) is 18.2 Å². The van der Waals surface area contributed by atoms with E-state index in [1.54, 1.807) is 42.5 Å². The van der Waals surface area contributed by atoms with Gasteiger partial charge in [0.2, 0.25) is 0 Å². The van der Waals surface area contributed by atoms with Crippen molar-refractivity contribution in [3.8, 4) is 22.6 Å². The molecule has 44 heavy (non-hydrogen) atoms. The molecule has 6 aromatic carbocycles. The van der Waals surface area contributed by atoms with Crippen molar-refractivity contribution >= 4 is 65.8 Å². The minimum atomic E-state index is -4.58. The Morgan fingerprint density at radius 2 is 1.02 bits per heavy atom. The fraction of sp³-hybridized carbons (Fsp3) is 0. The number of phenols is 2. The standard InChI is InChI=1S/C32H24N6O5S/c33-24-3-1-2-20-8-15-25(31(39)28(20)24)37-35-22-11-4-18(5-12-22)19-6-13-23(14-7-19)36-38-26-16-9-21-10-17-27(44(41,42)43)30(34)29(21)32(26)40/h1-17,39-40H,33-34H2,(H,41,42,43). The highest BCUT2D eigenvalue weighted by molar-refractivity contribution is 7.86. The maximum atomic E-state index is 11.6. The third-order valence-corrected chi connectivity index (χ3v) is 7.97. The first kappa shape index (κ1) is 28.3. The van der Waals surface area contributed by atoms with Crippen molar-refractivity contribution in [3.05, 3.63) is 103 Å². The fourth-order valence-corrected chi connectivity index (χ4v) is 5.44. The van der Waals surface area contributed by atoms with E-state index in [4.69, 9.17) is 11.5 Å². The van der Waals surface area contributed by atoms with E-state index in [0.29, 0.717) is 33.5 Å². The number of hydrogen-bond acceptors (Lipinski definition) is 10. The summed E-state index contributed by atoms with van der Waals surface area (Å²) in [5.41, 5.74) is 15.5. The molecule has 11 nitrogen and oxygen atoms in total. The first-order valence-corrected chi connectivity index (χ1v) is 14.6. The lowest BCUT2D eigenvalue weighted by molar-refractivity contribution is 0.481. The number of phenolic OH excluding ortho intramolecular Hbond substituents is 2. The minimum Gasteiger partial charge on any atom is -0.505 e. The number of nitrogens with two attached hydrogens (primary N) is 2. The van der Waals surface area contributed by atoms with Crippen LogP contribution in [0.2, 0.25) is 0 Å². The van der Waals surface area contributed by atoms with Crippen LogP contribution in [0.15, 0.2) is 128 Å². The predicted molar refractivity (Wildman–Crippen MR) is 170 cm³/mol. The summed E-state index contributed by atoms with van der Waals surface area (Å²) in [6.07, 6.45) is 0. The largest absolute Gasteiger partial charge is 0.505 e. The van der Waals surface area contributed by atoms with Gasteiger partial charge in [0, 0.05) is 11.1 Å². The third-order valence-electron chi connectivity index (χ3n) is 7.06. The van der Waals surface area contributed by atoms with Crippen LogP contribution in [0.4, 0.5) is 34.1 Å². The highest BCUT2D eigenvalue weighted by Gasteiger charge is 2.19. The second-order valence-electron chi connectivity index (χ2n) is 9.86. The van der Waals surface area contributed by atoms with Crippen LogP contribution in [0, 0.1) is 0 Å². The van der Waals surface area contributed by atoms with E-state index in [0.717, 1.165) is 16.5 Å². The average Bonchev–Trinajstić information content (AvgIpc) is 3.00. The summed E-state index contributed by atoms with van der Waals surface area (Å²) >= 11 is 0. The number of benzene rings is 6. The molecule has 0 saturated carbocycles. The zero-order chi connectivity index (χ0) is 31.0. The minimum absolute atomic E-state index is 0.0237. The van der Waals surface area contributed by atoms with Gasteiger partial charge < -0.3 is 21.7 Å². The summed E-state index contributed by atoms with van der Waals surface area (Å²) in [4.78, 5) is -0.504. The molecular weight excluding hydrogens is 580 g/mol. The van der Waals surface area contributed by atoms with Crippen LogP contribution in [-0.2, 0) is 10.1 Å². The number of fused-ring (bicyclic) bond motifs is 2. The number of azo groups is 2. The van der Waals surface area contributed by atoms with Gasteiger partial charge in [-0.15, -0.1) is 10.2 Å². The Hall–Kier alpha value is -5.85. The van der Waals surface area contributed by atoms with E-state index in [2.05, 4.69) is 20.5 Å². The summed E-state index contributed by atoms with van der Waals surface area (Å²) < 4.78 is 32.7. The predicted octanol–water partition coefficient (Wildman–Crippen LogP) is 8.31. The van der Waals surface area contributed by atoms with Crippen LogP contribution in [0.5, 0.6) is 11.5 Å². The monoisotopic (exact) mass is 604 g/mol. The summed E-state index contributed by atoms with van der Waals surface area (Å²) in [5, 5.41) is 40.0. The molecule has 218 valence electrons. The Morgan fingerprint density at radius 3 is 1.55 bits per heavy atom. The molecule has 0 amide bonds. The molecule has 12 heteroatoms. The number of nitrogen functional groups attached to an aromatic ring is 2. The average molecular weight is 605 g/mol. The molecule has 0 aliphatic rings. The summed E-state index contributed by atoms with van der Waals surface area (Å²) in [6, 6.07) is 29.3. The number of anilines is 2. The Balaban J connectivity index is 1.19. The number of nitrogens with zero attached hydrogens (tertiary/aromatic N) is 4. The van der Waals surface area contributed by atoms with Gasteiger partial charge in [-0.3, -0.25) is 4.55 Å². The molecule has 0 aromatic heterocycles. The Kier molecular flexibility index (Phi) is 7.13. The van der Waals surface area contributed by atoms with Crippen LogP contribution in [0.25, 0.3) is 32.7 Å². The van der Waals surface area contributed by atoms with Crippen LogP contribution < -0.4 is 11.5 Å². The van der Waals surface area contributed by atoms with Crippen LogP contribution in [-0.4, -0.2) is 23.2 Å². The number of rotatable bonds is 6. The lowest BCUT2D eigenvalue weighted by Crippen LogP contribution is -2.03. The molecule has 0 heterocycles.